The molecule has 0 aliphatic heterocycles. The van der Waals surface area contributed by atoms with Crippen LogP contribution in [0.2, 0.25) is 0 Å². The van der Waals surface area contributed by atoms with Gasteiger partial charge in [0.2, 0.25) is 0 Å². The maximum absolute atomic E-state index is 13.0. The number of rotatable bonds is 2. The standard InChI is InChI=1S/C16H12FN3/c1-2-20-15-8-3-11(10-18)9-14(15)19-16(20)12-4-6-13(17)7-5-12/h3-9H,2H2,1H3. The molecule has 1 aromatic heterocycles. The van der Waals surface area contributed by atoms with E-state index in [9.17, 15) is 4.39 Å². The number of aryl methyl sites for hydroxylation is 1. The van der Waals surface area contributed by atoms with Gasteiger partial charge in [-0.15, -0.1) is 0 Å². The number of hydrogen-bond donors (Lipinski definition) is 0. The summed E-state index contributed by atoms with van der Waals surface area (Å²) in [5.74, 6) is 0.525. The molecule has 4 heteroatoms. The summed E-state index contributed by atoms with van der Waals surface area (Å²) in [5, 5.41) is 8.95. The highest BCUT2D eigenvalue weighted by atomic mass is 19.1. The number of hydrogen-bond acceptors (Lipinski definition) is 2. The fourth-order valence-corrected chi connectivity index (χ4v) is 2.34. The topological polar surface area (TPSA) is 41.6 Å². The van der Waals surface area contributed by atoms with Gasteiger partial charge in [0.05, 0.1) is 22.7 Å². The van der Waals surface area contributed by atoms with Crippen LogP contribution in [0.5, 0.6) is 0 Å². The quantitative estimate of drug-likeness (QED) is 0.708. The molecule has 0 saturated carbocycles. The second-order valence-electron chi connectivity index (χ2n) is 4.50. The number of nitrogens with zero attached hydrogens (tertiary/aromatic N) is 3. The minimum atomic E-state index is -0.264. The van der Waals surface area contributed by atoms with Crippen molar-refractivity contribution >= 4 is 11.0 Å². The molecule has 98 valence electrons. The Balaban J connectivity index is 2.25. The first-order chi connectivity index (χ1) is 9.72. The Morgan fingerprint density at radius 3 is 2.60 bits per heavy atom. The average molecular weight is 265 g/mol. The third-order valence-electron chi connectivity index (χ3n) is 3.30. The van der Waals surface area contributed by atoms with E-state index in [-0.39, 0.29) is 5.82 Å². The first-order valence-electron chi connectivity index (χ1n) is 6.39. The van der Waals surface area contributed by atoms with E-state index in [1.807, 2.05) is 13.0 Å². The van der Waals surface area contributed by atoms with Crippen molar-refractivity contribution in [2.45, 2.75) is 13.5 Å². The molecule has 3 aromatic rings. The van der Waals surface area contributed by atoms with Crippen molar-refractivity contribution in [1.82, 2.24) is 9.55 Å². The van der Waals surface area contributed by atoms with E-state index in [0.717, 1.165) is 29.0 Å². The molecule has 1 heterocycles. The lowest BCUT2D eigenvalue weighted by Gasteiger charge is -2.05. The Bertz CT molecular complexity index is 810. The van der Waals surface area contributed by atoms with Gasteiger partial charge in [0.1, 0.15) is 11.6 Å². The van der Waals surface area contributed by atoms with Crippen LogP contribution < -0.4 is 0 Å². The summed E-state index contributed by atoms with van der Waals surface area (Å²) in [7, 11) is 0. The lowest BCUT2D eigenvalue weighted by Crippen LogP contribution is -1.97. The molecule has 3 nitrogen and oxygen atoms in total. The number of fused-ring (bicyclic) bond motifs is 1. The largest absolute Gasteiger partial charge is 0.324 e. The van der Waals surface area contributed by atoms with Crippen LogP contribution in [-0.4, -0.2) is 9.55 Å². The Kier molecular flexibility index (Phi) is 2.96. The Morgan fingerprint density at radius 1 is 1.20 bits per heavy atom. The number of halogens is 1. The minimum absolute atomic E-state index is 0.264. The van der Waals surface area contributed by atoms with Crippen LogP contribution in [-0.2, 0) is 6.54 Å². The highest BCUT2D eigenvalue weighted by molar-refractivity contribution is 5.82. The predicted molar refractivity (Wildman–Crippen MR) is 75.5 cm³/mol. The summed E-state index contributed by atoms with van der Waals surface area (Å²) < 4.78 is 15.1. The van der Waals surface area contributed by atoms with E-state index in [0.29, 0.717) is 5.56 Å². The van der Waals surface area contributed by atoms with Crippen LogP contribution in [0.3, 0.4) is 0 Å². The molecular weight excluding hydrogens is 253 g/mol. The van der Waals surface area contributed by atoms with Gasteiger partial charge < -0.3 is 4.57 Å². The summed E-state index contributed by atoms with van der Waals surface area (Å²) in [5.41, 5.74) is 3.21. The molecule has 2 aromatic carbocycles. The first-order valence-corrected chi connectivity index (χ1v) is 6.39. The number of nitriles is 1. The smallest absolute Gasteiger partial charge is 0.141 e. The van der Waals surface area contributed by atoms with E-state index in [2.05, 4.69) is 15.6 Å². The third kappa shape index (κ3) is 1.94. The summed E-state index contributed by atoms with van der Waals surface area (Å²) in [6.45, 7) is 2.79. The maximum atomic E-state index is 13.0. The molecule has 3 rings (SSSR count). The number of benzene rings is 2. The fourth-order valence-electron chi connectivity index (χ4n) is 2.34. The van der Waals surface area contributed by atoms with E-state index >= 15 is 0 Å². The highest BCUT2D eigenvalue weighted by Crippen LogP contribution is 2.25. The van der Waals surface area contributed by atoms with Crippen molar-refractivity contribution in [3.05, 3.63) is 53.8 Å². The second-order valence-corrected chi connectivity index (χ2v) is 4.50. The third-order valence-corrected chi connectivity index (χ3v) is 3.30. The monoisotopic (exact) mass is 265 g/mol. The summed E-state index contributed by atoms with van der Waals surface area (Å²) in [6.07, 6.45) is 0. The molecule has 0 radical (unpaired) electrons. The summed E-state index contributed by atoms with van der Waals surface area (Å²) >= 11 is 0. The highest BCUT2D eigenvalue weighted by Gasteiger charge is 2.11. The van der Waals surface area contributed by atoms with Crippen molar-refractivity contribution < 1.29 is 4.39 Å². The van der Waals surface area contributed by atoms with Crippen molar-refractivity contribution in [1.29, 1.82) is 5.26 Å². The van der Waals surface area contributed by atoms with Gasteiger partial charge in [-0.2, -0.15) is 5.26 Å². The van der Waals surface area contributed by atoms with Crippen LogP contribution in [0.4, 0.5) is 4.39 Å². The second kappa shape index (κ2) is 4.78. The zero-order valence-corrected chi connectivity index (χ0v) is 11.0. The maximum Gasteiger partial charge on any atom is 0.141 e. The Labute approximate surface area is 115 Å². The molecule has 0 aliphatic rings. The molecular formula is C16H12FN3. The van der Waals surface area contributed by atoms with Crippen LogP contribution in [0.15, 0.2) is 42.5 Å². The van der Waals surface area contributed by atoms with Gasteiger partial charge in [-0.25, -0.2) is 9.37 Å². The van der Waals surface area contributed by atoms with Crippen molar-refractivity contribution in [2.24, 2.45) is 0 Å². The van der Waals surface area contributed by atoms with Gasteiger partial charge in [0.15, 0.2) is 0 Å². The summed E-state index contributed by atoms with van der Waals surface area (Å²) in [4.78, 5) is 4.58. The molecule has 0 N–H and O–H groups in total. The Morgan fingerprint density at radius 2 is 1.95 bits per heavy atom. The predicted octanol–water partition coefficient (Wildman–Crippen LogP) is 3.73. The van der Waals surface area contributed by atoms with Crippen molar-refractivity contribution in [2.75, 3.05) is 0 Å². The summed E-state index contributed by atoms with van der Waals surface area (Å²) in [6, 6.07) is 13.9. The zero-order chi connectivity index (χ0) is 14.1. The van der Waals surface area contributed by atoms with Crippen LogP contribution in [0.25, 0.3) is 22.4 Å². The normalized spacial score (nSPS) is 10.7. The number of imidazole rings is 1. The molecule has 20 heavy (non-hydrogen) atoms. The van der Waals surface area contributed by atoms with Gasteiger partial charge in [-0.05, 0) is 49.4 Å². The minimum Gasteiger partial charge on any atom is -0.324 e. The molecule has 0 atom stereocenters. The van der Waals surface area contributed by atoms with E-state index in [1.54, 1.807) is 24.3 Å². The van der Waals surface area contributed by atoms with Gasteiger partial charge in [0.25, 0.3) is 0 Å². The van der Waals surface area contributed by atoms with Crippen molar-refractivity contribution in [3.63, 3.8) is 0 Å². The molecule has 0 amide bonds. The molecule has 0 spiro atoms. The van der Waals surface area contributed by atoms with E-state index in [4.69, 9.17) is 5.26 Å². The van der Waals surface area contributed by atoms with E-state index < -0.39 is 0 Å². The van der Waals surface area contributed by atoms with Gasteiger partial charge in [0, 0.05) is 12.1 Å². The molecule has 0 fully saturated rings. The zero-order valence-electron chi connectivity index (χ0n) is 11.0. The Hall–Kier alpha value is -2.67. The molecule has 0 bridgehead atoms. The van der Waals surface area contributed by atoms with Gasteiger partial charge in [-0.3, -0.25) is 0 Å². The lowest BCUT2D eigenvalue weighted by atomic mass is 10.2. The van der Waals surface area contributed by atoms with Gasteiger partial charge >= 0.3 is 0 Å². The molecule has 0 aliphatic carbocycles. The molecule has 0 saturated heterocycles. The van der Waals surface area contributed by atoms with E-state index in [1.165, 1.54) is 12.1 Å². The molecule has 0 unspecified atom stereocenters. The average Bonchev–Trinajstić information content (AvgIpc) is 2.85. The van der Waals surface area contributed by atoms with Crippen LogP contribution in [0, 0.1) is 17.1 Å². The van der Waals surface area contributed by atoms with Gasteiger partial charge in [-0.1, -0.05) is 0 Å². The van der Waals surface area contributed by atoms with Crippen LogP contribution >= 0.6 is 0 Å². The SMILES string of the molecule is CCn1c(-c2ccc(F)cc2)nc2cc(C#N)ccc21. The lowest BCUT2D eigenvalue weighted by molar-refractivity contribution is 0.628. The number of aromatic nitrogens is 2. The first kappa shape index (κ1) is 12.4. The fraction of sp³-hybridized carbons (Fsp3) is 0.125. The van der Waals surface area contributed by atoms with Crippen LogP contribution in [0.1, 0.15) is 12.5 Å². The van der Waals surface area contributed by atoms with Crippen molar-refractivity contribution in [3.8, 4) is 17.5 Å².